The Morgan fingerprint density at radius 2 is 1.96 bits per heavy atom. The lowest BCUT2D eigenvalue weighted by Gasteiger charge is -2.19. The van der Waals surface area contributed by atoms with Gasteiger partial charge in [-0.25, -0.2) is 0 Å². The maximum atomic E-state index is 11.0. The molecule has 2 heterocycles. The zero-order chi connectivity index (χ0) is 18.8. The van der Waals surface area contributed by atoms with Gasteiger partial charge in [-0.1, -0.05) is 61.2 Å². The normalized spacial score (nSPS) is 14.9. The van der Waals surface area contributed by atoms with Gasteiger partial charge in [0.1, 0.15) is 0 Å². The second-order valence-corrected chi connectivity index (χ2v) is 7.01. The smallest absolute Gasteiger partial charge is 0.247 e. The number of nitrogens with zero attached hydrogens (tertiary/aromatic N) is 3. The minimum absolute atomic E-state index is 0.110. The molecule has 0 saturated carbocycles. The van der Waals surface area contributed by atoms with Crippen molar-refractivity contribution in [1.29, 1.82) is 0 Å². The Morgan fingerprint density at radius 1 is 1.19 bits per heavy atom. The van der Waals surface area contributed by atoms with E-state index >= 15 is 0 Å². The molecule has 0 amide bonds. The Hall–Kier alpha value is -3.13. The Morgan fingerprint density at radius 3 is 2.70 bits per heavy atom. The first-order valence-corrected chi connectivity index (χ1v) is 9.35. The van der Waals surface area contributed by atoms with E-state index in [0.29, 0.717) is 16.7 Å². The molecule has 3 aromatic rings. The molecule has 0 aliphatic carbocycles. The summed E-state index contributed by atoms with van der Waals surface area (Å²) >= 11 is 1.48. The van der Waals surface area contributed by atoms with Gasteiger partial charge in [0.25, 0.3) is 0 Å². The summed E-state index contributed by atoms with van der Waals surface area (Å²) < 4.78 is 6.11. The van der Waals surface area contributed by atoms with Gasteiger partial charge in [0, 0.05) is 16.8 Å². The lowest BCUT2D eigenvalue weighted by atomic mass is 10.1. The minimum Gasteiger partial charge on any atom is -0.545 e. The average Bonchev–Trinajstić information content (AvgIpc) is 2.85. The molecular formula is C19H15N4O3S-. The molecule has 1 atom stereocenters. The minimum atomic E-state index is -1.22. The molecular weight excluding hydrogens is 364 g/mol. The number of benzene rings is 2. The fraction of sp³-hybridized carbons (Fsp3) is 0.158. The van der Waals surface area contributed by atoms with Crippen molar-refractivity contribution in [3.8, 4) is 17.1 Å². The summed E-state index contributed by atoms with van der Waals surface area (Å²) in [5.74, 6) is -0.0128. The molecule has 0 radical (unpaired) electrons. The third-order valence-corrected chi connectivity index (χ3v) is 4.78. The second kappa shape index (κ2) is 7.24. The highest BCUT2D eigenvalue weighted by Gasteiger charge is 2.25. The third-order valence-electron chi connectivity index (χ3n) is 4.06. The quantitative estimate of drug-likeness (QED) is 0.690. The van der Waals surface area contributed by atoms with Crippen LogP contribution in [0.1, 0.15) is 29.1 Å². The highest BCUT2D eigenvalue weighted by atomic mass is 32.2. The highest BCUT2D eigenvalue weighted by Crippen LogP contribution is 2.39. The first-order valence-electron chi connectivity index (χ1n) is 8.37. The largest absolute Gasteiger partial charge is 0.545 e. The third kappa shape index (κ3) is 3.43. The van der Waals surface area contributed by atoms with Crippen molar-refractivity contribution in [2.75, 3.05) is 11.1 Å². The molecule has 2 aromatic carbocycles. The molecule has 0 bridgehead atoms. The molecule has 4 rings (SSSR count). The van der Waals surface area contributed by atoms with Crippen LogP contribution in [0.2, 0.25) is 0 Å². The predicted molar refractivity (Wildman–Crippen MR) is 99.4 cm³/mol. The average molecular weight is 379 g/mol. The summed E-state index contributed by atoms with van der Waals surface area (Å²) in [5, 5.41) is 23.3. The van der Waals surface area contributed by atoms with Gasteiger partial charge in [-0.3, -0.25) is 0 Å². The molecule has 1 aromatic heterocycles. The van der Waals surface area contributed by atoms with E-state index in [2.05, 4.69) is 20.5 Å². The fourth-order valence-electron chi connectivity index (χ4n) is 2.78. The van der Waals surface area contributed by atoms with Gasteiger partial charge < -0.3 is 20.0 Å². The van der Waals surface area contributed by atoms with Gasteiger partial charge >= 0.3 is 0 Å². The van der Waals surface area contributed by atoms with Crippen molar-refractivity contribution < 1.29 is 14.6 Å². The highest BCUT2D eigenvalue weighted by molar-refractivity contribution is 7.99. The number of rotatable bonds is 4. The number of hydrogen-bond donors (Lipinski definition) is 1. The number of anilines is 1. The van der Waals surface area contributed by atoms with Crippen LogP contribution >= 0.6 is 11.8 Å². The zero-order valence-electron chi connectivity index (χ0n) is 14.4. The van der Waals surface area contributed by atoms with Crippen molar-refractivity contribution >= 4 is 23.4 Å². The maximum Gasteiger partial charge on any atom is 0.247 e. The van der Waals surface area contributed by atoms with Gasteiger partial charge in [-0.05, 0) is 17.4 Å². The van der Waals surface area contributed by atoms with Gasteiger partial charge in [-0.15, -0.1) is 10.2 Å². The number of carbonyl (C=O) groups is 1. The fourth-order valence-corrected chi connectivity index (χ4v) is 3.29. The van der Waals surface area contributed by atoms with Gasteiger partial charge in [0.05, 0.1) is 5.97 Å². The number of ether oxygens (including phenoxy) is 1. The standard InChI is InChI=1S/C19H16N4O3S/c1-2-27-19-21-17-15(22-23-19)13-5-3-4-6-14(13)20-16(26-17)11-7-9-12(10-8-11)18(24)25/h3-10,16,20H,2H2,1H3,(H,24,25)/p-1/t16-/m0/s1. The van der Waals surface area contributed by atoms with Crippen LogP contribution in [-0.4, -0.2) is 26.9 Å². The van der Waals surface area contributed by atoms with Gasteiger partial charge in [0.2, 0.25) is 11.0 Å². The first kappa shape index (κ1) is 17.3. The first-order chi connectivity index (χ1) is 13.2. The van der Waals surface area contributed by atoms with Crippen LogP contribution < -0.4 is 15.2 Å². The molecule has 0 spiro atoms. The van der Waals surface area contributed by atoms with Crippen molar-refractivity contribution in [3.05, 3.63) is 59.7 Å². The molecule has 136 valence electrons. The Balaban J connectivity index is 1.78. The van der Waals surface area contributed by atoms with Crippen LogP contribution in [0.5, 0.6) is 5.88 Å². The summed E-state index contributed by atoms with van der Waals surface area (Å²) in [4.78, 5) is 15.5. The number of aromatic carboxylic acids is 1. The molecule has 1 aliphatic rings. The summed E-state index contributed by atoms with van der Waals surface area (Å²) in [6.07, 6.45) is -0.556. The number of nitrogens with one attached hydrogen (secondary N) is 1. The maximum absolute atomic E-state index is 11.0. The van der Waals surface area contributed by atoms with Gasteiger partial charge in [0.15, 0.2) is 11.9 Å². The zero-order valence-corrected chi connectivity index (χ0v) is 15.2. The molecule has 0 saturated heterocycles. The molecule has 27 heavy (non-hydrogen) atoms. The van der Waals surface area contributed by atoms with E-state index in [4.69, 9.17) is 4.74 Å². The molecule has 0 fully saturated rings. The van der Waals surface area contributed by atoms with E-state index in [1.165, 1.54) is 23.9 Å². The monoisotopic (exact) mass is 379 g/mol. The predicted octanol–water partition coefficient (Wildman–Crippen LogP) is 2.52. The lowest BCUT2D eigenvalue weighted by molar-refractivity contribution is -0.255. The Labute approximate surface area is 159 Å². The van der Waals surface area contributed by atoms with Crippen LogP contribution in [0, 0.1) is 0 Å². The SMILES string of the molecule is CCSc1nnc2c(n1)O[C@@H](c1ccc(C(=O)[O-])cc1)Nc1ccccc1-2. The van der Waals surface area contributed by atoms with Crippen LogP contribution in [0.3, 0.4) is 0 Å². The molecule has 7 nitrogen and oxygen atoms in total. The van der Waals surface area contributed by atoms with Crippen molar-refractivity contribution in [2.45, 2.75) is 18.3 Å². The van der Waals surface area contributed by atoms with Crippen molar-refractivity contribution in [3.63, 3.8) is 0 Å². The topological polar surface area (TPSA) is 100 Å². The molecule has 0 unspecified atom stereocenters. The Kier molecular flexibility index (Phi) is 4.64. The summed E-state index contributed by atoms with van der Waals surface area (Å²) in [7, 11) is 0. The number of aromatic nitrogens is 3. The van der Waals surface area contributed by atoms with Crippen molar-refractivity contribution in [2.24, 2.45) is 0 Å². The number of thioether (sulfide) groups is 1. The summed E-state index contributed by atoms with van der Waals surface area (Å²) in [6, 6.07) is 14.0. The number of carbonyl (C=O) groups excluding carboxylic acids is 1. The second-order valence-electron chi connectivity index (χ2n) is 5.78. The van der Waals surface area contributed by atoms with Crippen LogP contribution in [0.15, 0.2) is 53.7 Å². The lowest BCUT2D eigenvalue weighted by Crippen LogP contribution is -2.22. The van der Waals surface area contributed by atoms with Gasteiger partial charge in [-0.2, -0.15) is 4.98 Å². The Bertz CT molecular complexity index is 994. The van der Waals surface area contributed by atoms with Crippen LogP contribution in [-0.2, 0) is 0 Å². The van der Waals surface area contributed by atoms with E-state index in [9.17, 15) is 9.90 Å². The molecule has 1 N–H and O–H groups in total. The van der Waals surface area contributed by atoms with E-state index in [-0.39, 0.29) is 5.56 Å². The van der Waals surface area contributed by atoms with Crippen LogP contribution in [0.25, 0.3) is 11.3 Å². The number of para-hydroxylation sites is 1. The van der Waals surface area contributed by atoms with Crippen LogP contribution in [0.4, 0.5) is 5.69 Å². The molecule has 1 aliphatic heterocycles. The number of carboxylic acids is 1. The molecule has 8 heteroatoms. The van der Waals surface area contributed by atoms with E-state index in [1.807, 2.05) is 31.2 Å². The van der Waals surface area contributed by atoms with E-state index < -0.39 is 12.2 Å². The number of fused-ring (bicyclic) bond motifs is 3. The summed E-state index contributed by atoms with van der Waals surface area (Å²) in [6.45, 7) is 2.01. The summed E-state index contributed by atoms with van der Waals surface area (Å²) in [5.41, 5.74) is 3.10. The van der Waals surface area contributed by atoms with E-state index in [1.54, 1.807) is 12.1 Å². The number of hydrogen-bond acceptors (Lipinski definition) is 8. The number of carboxylic acid groups (broad SMARTS) is 1. The van der Waals surface area contributed by atoms with Crippen molar-refractivity contribution in [1.82, 2.24) is 15.2 Å². The van der Waals surface area contributed by atoms with E-state index in [0.717, 1.165) is 22.6 Å².